The predicted octanol–water partition coefficient (Wildman–Crippen LogP) is 3.50. The van der Waals surface area contributed by atoms with Crippen LogP contribution in [-0.2, 0) is 26.5 Å². The number of hydrogen-bond acceptors (Lipinski definition) is 12. The number of carbonyl (C=O) groups is 2. The van der Waals surface area contributed by atoms with E-state index >= 15 is 0 Å². The van der Waals surface area contributed by atoms with Crippen molar-refractivity contribution < 1.29 is 56.7 Å². The molecular weight excluding hydrogens is 668 g/mol. The third-order valence-electron chi connectivity index (χ3n) is 6.43. The van der Waals surface area contributed by atoms with Crippen LogP contribution in [-0.4, -0.2) is 59.0 Å². The number of sulfonamides is 2. The number of anilines is 2. The first-order chi connectivity index (χ1) is 21.9. The highest BCUT2D eigenvalue weighted by Gasteiger charge is 2.29. The van der Waals surface area contributed by atoms with Crippen molar-refractivity contribution in [2.75, 3.05) is 9.44 Å². The number of aromatic carboxylic acids is 2. The molecule has 4 rings (SSSR count). The zero-order chi connectivity index (χ0) is 34.8. The SMILES string of the molecule is O=C(O)c1cc(NS(=O)(=O)c2ccccc2[N+](=O)[O-])cc(Cc2cc(NS(=O)(=O)c3ccccc3[N+](=O)[O-])cc(C(=O)O)c2O)c1O. The Bertz CT molecular complexity index is 2050. The predicted molar refractivity (Wildman–Crippen MR) is 161 cm³/mol. The third-order valence-corrected chi connectivity index (χ3v) is 9.28. The molecule has 6 N–H and O–H groups in total. The second kappa shape index (κ2) is 12.6. The molecule has 0 saturated carbocycles. The second-order valence-electron chi connectivity index (χ2n) is 9.51. The lowest BCUT2D eigenvalue weighted by molar-refractivity contribution is -0.388. The summed E-state index contributed by atoms with van der Waals surface area (Å²) in [5, 5.41) is 63.5. The van der Waals surface area contributed by atoms with Crippen molar-refractivity contribution in [2.24, 2.45) is 0 Å². The van der Waals surface area contributed by atoms with Gasteiger partial charge in [-0.3, -0.25) is 29.7 Å². The summed E-state index contributed by atoms with van der Waals surface area (Å²) in [6, 6.07) is 11.7. The van der Waals surface area contributed by atoms with Gasteiger partial charge in [0.25, 0.3) is 31.4 Å². The van der Waals surface area contributed by atoms with E-state index in [1.54, 1.807) is 0 Å². The Balaban J connectivity index is 1.81. The van der Waals surface area contributed by atoms with Crippen LogP contribution in [0.25, 0.3) is 0 Å². The van der Waals surface area contributed by atoms with Gasteiger partial charge in [0.15, 0.2) is 9.79 Å². The van der Waals surface area contributed by atoms with Crippen LogP contribution in [0.5, 0.6) is 11.5 Å². The fraction of sp³-hybridized carbons (Fsp3) is 0.0370. The molecule has 244 valence electrons. The minimum absolute atomic E-state index is 0.421. The monoisotopic (exact) mass is 688 g/mol. The molecule has 20 heteroatoms. The average molecular weight is 689 g/mol. The van der Waals surface area contributed by atoms with E-state index in [1.165, 1.54) is 24.3 Å². The lowest BCUT2D eigenvalue weighted by Gasteiger charge is -2.16. The molecule has 4 aromatic carbocycles. The molecule has 0 aliphatic carbocycles. The number of hydrogen-bond donors (Lipinski definition) is 6. The zero-order valence-electron chi connectivity index (χ0n) is 23.2. The van der Waals surface area contributed by atoms with Crippen LogP contribution in [0.4, 0.5) is 22.7 Å². The molecule has 0 atom stereocenters. The quantitative estimate of drug-likeness (QED) is 0.0705. The Morgan fingerprint density at radius 1 is 0.638 bits per heavy atom. The van der Waals surface area contributed by atoms with E-state index in [9.17, 15) is 67.1 Å². The van der Waals surface area contributed by atoms with Crippen molar-refractivity contribution in [2.45, 2.75) is 16.2 Å². The van der Waals surface area contributed by atoms with E-state index in [0.717, 1.165) is 36.4 Å². The minimum atomic E-state index is -4.74. The molecular formula is C27H20N4O14S2. The first-order valence-corrected chi connectivity index (χ1v) is 15.6. The molecule has 0 amide bonds. The molecule has 0 saturated heterocycles. The van der Waals surface area contributed by atoms with Crippen molar-refractivity contribution in [1.29, 1.82) is 0 Å². The number of nitrogens with one attached hydrogen (secondary N) is 2. The number of nitro groups is 2. The van der Waals surface area contributed by atoms with Crippen molar-refractivity contribution in [3.8, 4) is 11.5 Å². The number of carboxylic acid groups (broad SMARTS) is 2. The number of nitrogens with zero attached hydrogens (tertiary/aromatic N) is 2. The second-order valence-corrected chi connectivity index (χ2v) is 12.8. The number of benzene rings is 4. The summed E-state index contributed by atoms with van der Waals surface area (Å²) in [4.78, 5) is 43.1. The van der Waals surface area contributed by atoms with Crippen LogP contribution in [0.3, 0.4) is 0 Å². The molecule has 0 heterocycles. The number of phenols is 2. The average Bonchev–Trinajstić information content (AvgIpc) is 2.99. The summed E-state index contributed by atoms with van der Waals surface area (Å²) >= 11 is 0. The van der Waals surface area contributed by atoms with E-state index in [2.05, 4.69) is 0 Å². The molecule has 0 unspecified atom stereocenters. The molecule has 0 aliphatic rings. The Hall–Kier alpha value is -6.28. The summed E-state index contributed by atoms with van der Waals surface area (Å²) in [6.45, 7) is 0. The van der Waals surface area contributed by atoms with Crippen molar-refractivity contribution in [1.82, 2.24) is 0 Å². The maximum atomic E-state index is 13.1. The Labute approximate surface area is 263 Å². The highest BCUT2D eigenvalue weighted by atomic mass is 32.2. The maximum absolute atomic E-state index is 13.1. The van der Waals surface area contributed by atoms with Gasteiger partial charge < -0.3 is 20.4 Å². The van der Waals surface area contributed by atoms with Gasteiger partial charge in [0, 0.05) is 29.7 Å². The smallest absolute Gasteiger partial charge is 0.339 e. The van der Waals surface area contributed by atoms with Gasteiger partial charge in [-0.1, -0.05) is 24.3 Å². The van der Waals surface area contributed by atoms with Crippen molar-refractivity contribution in [3.63, 3.8) is 0 Å². The standard InChI is InChI=1S/C27H20N4O14S2/c32-24-14(10-16(12-18(24)26(34)35)28-46(42,43)22-7-3-1-5-20(22)30(38)39)9-15-11-17(13-19(25(15)33)27(36)37)29-47(44,45)23-8-4-2-6-21(23)31(40)41/h1-8,10-13,28-29,32-33H,9H2,(H,34,35)(H,36,37). The van der Waals surface area contributed by atoms with Gasteiger partial charge in [-0.25, -0.2) is 26.4 Å². The topological polar surface area (TPSA) is 294 Å². The number of para-hydroxylation sites is 2. The molecule has 18 nitrogen and oxygen atoms in total. The van der Waals surface area contributed by atoms with Gasteiger partial charge in [-0.15, -0.1) is 0 Å². The van der Waals surface area contributed by atoms with Gasteiger partial charge in [-0.05, 0) is 36.4 Å². The molecule has 0 aromatic heterocycles. The van der Waals surface area contributed by atoms with E-state index in [4.69, 9.17) is 0 Å². The van der Waals surface area contributed by atoms with Crippen LogP contribution < -0.4 is 9.44 Å². The maximum Gasteiger partial charge on any atom is 0.339 e. The van der Waals surface area contributed by atoms with Crippen molar-refractivity contribution in [3.05, 3.63) is 115 Å². The number of nitro benzene ring substituents is 2. The molecule has 0 bridgehead atoms. The lowest BCUT2D eigenvalue weighted by atomic mass is 9.97. The summed E-state index contributed by atoms with van der Waals surface area (Å²) in [5.74, 6) is -5.41. The van der Waals surface area contributed by atoms with E-state index in [-0.39, 0.29) is 0 Å². The summed E-state index contributed by atoms with van der Waals surface area (Å²) in [5.41, 5.74) is -5.21. The summed E-state index contributed by atoms with van der Waals surface area (Å²) in [6.07, 6.45) is -0.736. The van der Waals surface area contributed by atoms with Gasteiger partial charge in [0.1, 0.15) is 22.6 Å². The van der Waals surface area contributed by atoms with Crippen LogP contribution >= 0.6 is 0 Å². The Morgan fingerprint density at radius 2 is 0.979 bits per heavy atom. The third kappa shape index (κ3) is 7.02. The van der Waals surface area contributed by atoms with E-state index in [1.807, 2.05) is 9.44 Å². The molecule has 4 aromatic rings. The minimum Gasteiger partial charge on any atom is -0.507 e. The Kier molecular flexibility index (Phi) is 9.02. The van der Waals surface area contributed by atoms with Crippen LogP contribution in [0.1, 0.15) is 31.8 Å². The van der Waals surface area contributed by atoms with Gasteiger partial charge in [-0.2, -0.15) is 0 Å². The van der Waals surface area contributed by atoms with Gasteiger partial charge in [0.05, 0.1) is 21.2 Å². The largest absolute Gasteiger partial charge is 0.507 e. The van der Waals surface area contributed by atoms with Crippen LogP contribution in [0, 0.1) is 20.2 Å². The Morgan fingerprint density at radius 3 is 1.30 bits per heavy atom. The molecule has 0 spiro atoms. The zero-order valence-corrected chi connectivity index (χ0v) is 24.9. The molecule has 0 radical (unpaired) electrons. The first-order valence-electron chi connectivity index (χ1n) is 12.6. The highest BCUT2D eigenvalue weighted by Crippen LogP contribution is 2.36. The molecule has 0 fully saturated rings. The summed E-state index contributed by atoms with van der Waals surface area (Å²) in [7, 11) is -9.48. The number of rotatable bonds is 12. The normalized spacial score (nSPS) is 11.4. The molecule has 0 aliphatic heterocycles. The fourth-order valence-corrected chi connectivity index (χ4v) is 6.83. The lowest BCUT2D eigenvalue weighted by Crippen LogP contribution is -2.16. The van der Waals surface area contributed by atoms with Crippen molar-refractivity contribution >= 4 is 54.7 Å². The fourth-order valence-electron chi connectivity index (χ4n) is 4.40. The van der Waals surface area contributed by atoms with Gasteiger partial charge in [0.2, 0.25) is 0 Å². The van der Waals surface area contributed by atoms with E-state index in [0.29, 0.717) is 12.1 Å². The molecule has 47 heavy (non-hydrogen) atoms. The summed E-state index contributed by atoms with van der Waals surface area (Å²) < 4.78 is 56.2. The first kappa shape index (κ1) is 33.6. The highest BCUT2D eigenvalue weighted by molar-refractivity contribution is 7.93. The van der Waals surface area contributed by atoms with Crippen LogP contribution in [0.15, 0.2) is 82.6 Å². The van der Waals surface area contributed by atoms with Crippen LogP contribution in [0.2, 0.25) is 0 Å². The van der Waals surface area contributed by atoms with Gasteiger partial charge >= 0.3 is 11.9 Å². The van der Waals surface area contributed by atoms with E-state index < -0.39 is 115 Å². The number of carboxylic acids is 2. The number of aromatic hydroxyl groups is 2.